The molecule has 26 heavy (non-hydrogen) atoms. The molecule has 0 aliphatic carbocycles. The van der Waals surface area contributed by atoms with Crippen LogP contribution in [0, 0.1) is 6.92 Å². The summed E-state index contributed by atoms with van der Waals surface area (Å²) < 4.78 is 46.0. The topological polar surface area (TPSA) is 68.5 Å². The lowest BCUT2D eigenvalue weighted by atomic mass is 9.98. The second kappa shape index (κ2) is 6.60. The van der Waals surface area contributed by atoms with Crippen molar-refractivity contribution in [3.63, 3.8) is 0 Å². The van der Waals surface area contributed by atoms with Gasteiger partial charge in [-0.1, -0.05) is 12.1 Å². The molecule has 1 aromatic heterocycles. The maximum Gasteiger partial charge on any atom is 0.416 e. The van der Waals surface area contributed by atoms with Gasteiger partial charge in [-0.2, -0.15) is 13.2 Å². The standard InChI is InChI=1S/C18H16F3NO4/c1-10-15(11-3-2-4-12(7-11)18(19,20)21)16(23)14(17(24)25)8-22(10)13-5-6-26-9-13/h2-4,7-8,13H,5-6,9H2,1H3,(H,24,25). The summed E-state index contributed by atoms with van der Waals surface area (Å²) in [6.45, 7) is 2.45. The van der Waals surface area contributed by atoms with Gasteiger partial charge in [0.15, 0.2) is 0 Å². The lowest BCUT2D eigenvalue weighted by molar-refractivity contribution is -0.137. The Labute approximate surface area is 146 Å². The Bertz CT molecular complexity index is 912. The molecule has 2 aromatic rings. The molecular formula is C18H16F3NO4. The lowest BCUT2D eigenvalue weighted by Gasteiger charge is -2.21. The van der Waals surface area contributed by atoms with Crippen LogP contribution in [0.2, 0.25) is 0 Å². The van der Waals surface area contributed by atoms with E-state index in [0.29, 0.717) is 25.3 Å². The molecule has 0 saturated carbocycles. The van der Waals surface area contributed by atoms with Crippen LogP contribution in [-0.4, -0.2) is 28.9 Å². The van der Waals surface area contributed by atoms with Crippen LogP contribution in [-0.2, 0) is 10.9 Å². The van der Waals surface area contributed by atoms with Gasteiger partial charge in [-0.15, -0.1) is 0 Å². The van der Waals surface area contributed by atoms with Gasteiger partial charge in [0.25, 0.3) is 0 Å². The number of aromatic carboxylic acids is 1. The molecule has 0 bridgehead atoms. The van der Waals surface area contributed by atoms with Crippen LogP contribution in [0.4, 0.5) is 13.2 Å². The summed E-state index contributed by atoms with van der Waals surface area (Å²) in [4.78, 5) is 24.1. The van der Waals surface area contributed by atoms with Crippen LogP contribution in [0.25, 0.3) is 11.1 Å². The molecule has 3 rings (SSSR count). The highest BCUT2D eigenvalue weighted by Crippen LogP contribution is 2.33. The van der Waals surface area contributed by atoms with Gasteiger partial charge in [-0.25, -0.2) is 4.79 Å². The van der Waals surface area contributed by atoms with Crippen molar-refractivity contribution in [3.05, 3.63) is 57.5 Å². The predicted molar refractivity (Wildman–Crippen MR) is 87.3 cm³/mol. The van der Waals surface area contributed by atoms with Crippen molar-refractivity contribution in [2.75, 3.05) is 13.2 Å². The Morgan fingerprint density at radius 1 is 1.35 bits per heavy atom. The predicted octanol–water partition coefficient (Wildman–Crippen LogP) is 3.50. The van der Waals surface area contributed by atoms with E-state index in [9.17, 15) is 27.9 Å². The number of hydrogen-bond donors (Lipinski definition) is 1. The minimum absolute atomic E-state index is 0.0390. The second-order valence-electron chi connectivity index (χ2n) is 6.14. The van der Waals surface area contributed by atoms with Gasteiger partial charge in [-0.05, 0) is 31.0 Å². The molecule has 1 atom stereocenters. The lowest BCUT2D eigenvalue weighted by Crippen LogP contribution is -2.24. The molecule has 1 aliphatic rings. The fourth-order valence-electron chi connectivity index (χ4n) is 3.19. The summed E-state index contributed by atoms with van der Waals surface area (Å²) in [6, 6.07) is 4.18. The van der Waals surface area contributed by atoms with Crippen molar-refractivity contribution in [1.29, 1.82) is 0 Å². The second-order valence-corrected chi connectivity index (χ2v) is 6.14. The molecular weight excluding hydrogens is 351 g/mol. The Morgan fingerprint density at radius 3 is 2.65 bits per heavy atom. The van der Waals surface area contributed by atoms with Gasteiger partial charge in [0, 0.05) is 24.1 Å². The number of hydrogen-bond acceptors (Lipinski definition) is 3. The molecule has 1 N–H and O–H groups in total. The van der Waals surface area contributed by atoms with Crippen LogP contribution < -0.4 is 5.43 Å². The molecule has 2 heterocycles. The summed E-state index contributed by atoms with van der Waals surface area (Å²) in [5, 5.41) is 9.35. The molecule has 1 aromatic carbocycles. The third-order valence-corrected chi connectivity index (χ3v) is 4.50. The van der Waals surface area contributed by atoms with Crippen molar-refractivity contribution in [1.82, 2.24) is 4.57 Å². The van der Waals surface area contributed by atoms with Crippen LogP contribution in [0.1, 0.15) is 34.1 Å². The first kappa shape index (κ1) is 18.2. The first-order valence-corrected chi connectivity index (χ1v) is 7.94. The summed E-state index contributed by atoms with van der Waals surface area (Å²) in [5.41, 5.74) is -1.76. The Kier molecular flexibility index (Phi) is 4.62. The fourth-order valence-corrected chi connectivity index (χ4v) is 3.19. The van der Waals surface area contributed by atoms with Gasteiger partial charge < -0.3 is 14.4 Å². The monoisotopic (exact) mass is 367 g/mol. The van der Waals surface area contributed by atoms with Crippen LogP contribution in [0.5, 0.6) is 0 Å². The van der Waals surface area contributed by atoms with E-state index in [2.05, 4.69) is 0 Å². The van der Waals surface area contributed by atoms with Crippen molar-refractivity contribution in [2.45, 2.75) is 25.6 Å². The SMILES string of the molecule is Cc1c(-c2cccc(C(F)(F)F)c2)c(=O)c(C(=O)O)cn1C1CCOC1. The number of aromatic nitrogens is 1. The van der Waals surface area contributed by atoms with Crippen molar-refractivity contribution in [3.8, 4) is 11.1 Å². The first-order valence-electron chi connectivity index (χ1n) is 7.94. The first-order chi connectivity index (χ1) is 12.2. The van der Waals surface area contributed by atoms with Crippen molar-refractivity contribution in [2.24, 2.45) is 0 Å². The van der Waals surface area contributed by atoms with E-state index in [1.807, 2.05) is 0 Å². The molecule has 1 fully saturated rings. The highest BCUT2D eigenvalue weighted by atomic mass is 19.4. The molecule has 0 radical (unpaired) electrons. The molecule has 8 heteroatoms. The summed E-state index contributed by atoms with van der Waals surface area (Å²) in [7, 11) is 0. The highest BCUT2D eigenvalue weighted by molar-refractivity contribution is 5.89. The molecule has 1 saturated heterocycles. The number of ether oxygens (including phenoxy) is 1. The molecule has 1 aliphatic heterocycles. The Balaban J connectivity index is 2.26. The number of benzene rings is 1. The van der Waals surface area contributed by atoms with Gasteiger partial charge in [-0.3, -0.25) is 4.79 Å². The van der Waals surface area contributed by atoms with E-state index in [0.717, 1.165) is 12.1 Å². The molecule has 5 nitrogen and oxygen atoms in total. The van der Waals surface area contributed by atoms with Crippen molar-refractivity contribution >= 4 is 5.97 Å². The highest BCUT2D eigenvalue weighted by Gasteiger charge is 2.31. The minimum Gasteiger partial charge on any atom is -0.477 e. The van der Waals surface area contributed by atoms with E-state index in [4.69, 9.17) is 4.74 Å². The normalized spacial score (nSPS) is 17.5. The largest absolute Gasteiger partial charge is 0.477 e. The van der Waals surface area contributed by atoms with Gasteiger partial charge in [0.2, 0.25) is 5.43 Å². The van der Waals surface area contributed by atoms with E-state index in [-0.39, 0.29) is 17.2 Å². The number of carbonyl (C=O) groups is 1. The molecule has 1 unspecified atom stereocenters. The van der Waals surface area contributed by atoms with Gasteiger partial charge in [0.1, 0.15) is 5.56 Å². The average Bonchev–Trinajstić information content (AvgIpc) is 3.08. The quantitative estimate of drug-likeness (QED) is 0.902. The number of carboxylic acid groups (broad SMARTS) is 1. The number of carboxylic acids is 1. The summed E-state index contributed by atoms with van der Waals surface area (Å²) in [6.07, 6.45) is -2.69. The summed E-state index contributed by atoms with van der Waals surface area (Å²) >= 11 is 0. The third-order valence-electron chi connectivity index (χ3n) is 4.50. The fraction of sp³-hybridized carbons (Fsp3) is 0.333. The van der Waals surface area contributed by atoms with Gasteiger partial charge in [0.05, 0.1) is 18.2 Å². The zero-order valence-electron chi connectivity index (χ0n) is 13.8. The zero-order chi connectivity index (χ0) is 19.1. The average molecular weight is 367 g/mol. The molecule has 0 amide bonds. The van der Waals surface area contributed by atoms with Crippen LogP contribution in [0.3, 0.4) is 0 Å². The number of halogens is 3. The zero-order valence-corrected chi connectivity index (χ0v) is 13.8. The maximum atomic E-state index is 13.0. The van der Waals surface area contributed by atoms with Crippen LogP contribution >= 0.6 is 0 Å². The third kappa shape index (κ3) is 3.24. The Morgan fingerprint density at radius 2 is 2.08 bits per heavy atom. The van der Waals surface area contributed by atoms with Crippen LogP contribution in [0.15, 0.2) is 35.3 Å². The number of nitrogens with zero attached hydrogens (tertiary/aromatic N) is 1. The van der Waals surface area contributed by atoms with Crippen molar-refractivity contribution < 1.29 is 27.8 Å². The number of pyridine rings is 1. The van der Waals surface area contributed by atoms with E-state index < -0.39 is 28.7 Å². The Hall–Kier alpha value is -2.61. The molecule has 0 spiro atoms. The van der Waals surface area contributed by atoms with E-state index in [1.165, 1.54) is 18.3 Å². The van der Waals surface area contributed by atoms with Gasteiger partial charge >= 0.3 is 12.1 Å². The smallest absolute Gasteiger partial charge is 0.416 e. The molecule has 138 valence electrons. The van der Waals surface area contributed by atoms with E-state index in [1.54, 1.807) is 11.5 Å². The summed E-state index contributed by atoms with van der Waals surface area (Å²) in [5.74, 6) is -1.42. The number of alkyl halides is 3. The minimum atomic E-state index is -4.56. The maximum absolute atomic E-state index is 13.0. The van der Waals surface area contributed by atoms with E-state index >= 15 is 0 Å². The number of rotatable bonds is 3.